The Balaban J connectivity index is 1.60. The van der Waals surface area contributed by atoms with Gasteiger partial charge in [0.1, 0.15) is 6.10 Å². The highest BCUT2D eigenvalue weighted by Gasteiger charge is 2.72. The lowest BCUT2D eigenvalue weighted by Gasteiger charge is -2.70. The van der Waals surface area contributed by atoms with E-state index in [0.29, 0.717) is 29.6 Å². The van der Waals surface area contributed by atoms with Gasteiger partial charge in [-0.05, 0) is 104 Å². The van der Waals surface area contributed by atoms with Crippen LogP contribution in [0.4, 0.5) is 0 Å². The molecule has 0 amide bonds. The Hall–Kier alpha value is -1.32. The fourth-order valence-corrected chi connectivity index (χ4v) is 11.4. The van der Waals surface area contributed by atoms with Crippen LogP contribution in [0.15, 0.2) is 11.6 Å². The van der Waals surface area contributed by atoms with Crippen molar-refractivity contribution in [2.24, 2.45) is 56.7 Å². The Morgan fingerprint density at radius 3 is 2.25 bits per heavy atom. The molecule has 4 fully saturated rings. The van der Waals surface area contributed by atoms with Gasteiger partial charge in [-0.15, -0.1) is 0 Å². The van der Waals surface area contributed by atoms with Crippen LogP contribution in [0.1, 0.15) is 113 Å². The zero-order chi connectivity index (χ0) is 26.5. The van der Waals surface area contributed by atoms with Crippen LogP contribution in [-0.4, -0.2) is 23.1 Å². The number of carboxylic acids is 1. The largest absolute Gasteiger partial charge is 0.481 e. The van der Waals surface area contributed by atoms with Crippen molar-refractivity contribution in [3.05, 3.63) is 11.6 Å². The van der Waals surface area contributed by atoms with Gasteiger partial charge in [0.05, 0.1) is 5.41 Å². The van der Waals surface area contributed by atoms with Crippen molar-refractivity contribution in [1.82, 2.24) is 0 Å². The van der Waals surface area contributed by atoms with Crippen molar-refractivity contribution in [1.29, 1.82) is 0 Å². The third-order valence-electron chi connectivity index (χ3n) is 13.5. The smallest absolute Gasteiger partial charge is 0.314 e. The predicted molar refractivity (Wildman–Crippen MR) is 142 cm³/mol. The van der Waals surface area contributed by atoms with E-state index in [1.165, 1.54) is 25.3 Å². The number of carbonyl (C=O) groups excluding carboxylic acids is 1. The Bertz CT molecular complexity index is 981. The van der Waals surface area contributed by atoms with E-state index in [1.807, 2.05) is 0 Å². The molecule has 0 heterocycles. The average Bonchev–Trinajstić information content (AvgIpc) is 2.77. The minimum absolute atomic E-state index is 0.0455. The molecule has 4 nitrogen and oxygen atoms in total. The van der Waals surface area contributed by atoms with Crippen molar-refractivity contribution in [3.8, 4) is 0 Å². The molecule has 0 bridgehead atoms. The van der Waals surface area contributed by atoms with Crippen LogP contribution < -0.4 is 0 Å². The molecular formula is C32H50O4. The van der Waals surface area contributed by atoms with Gasteiger partial charge in [0.25, 0.3) is 0 Å². The van der Waals surface area contributed by atoms with E-state index in [1.54, 1.807) is 0 Å². The molecule has 0 saturated heterocycles. The molecule has 202 valence electrons. The standard InChI is InChI=1S/C32H50O4/c1-19-11-14-29(6)17-18-32(27(34)35)22(26(29)20(19)2)9-10-24-30(7)15-13-25(36-21(3)33)28(4,5)23(30)12-16-31(24,32)8/h9,19-20,23-26H,10-18H2,1-8H3,(H,34,35)/t19-,20+,23+,24-,25+,26+,29-,30+,31-,32-/m1/s1. The quantitative estimate of drug-likeness (QED) is 0.313. The molecule has 5 aliphatic rings. The monoisotopic (exact) mass is 498 g/mol. The molecule has 5 rings (SSSR count). The molecule has 36 heavy (non-hydrogen) atoms. The van der Waals surface area contributed by atoms with Gasteiger partial charge < -0.3 is 9.84 Å². The first kappa shape index (κ1) is 26.3. The van der Waals surface area contributed by atoms with Gasteiger partial charge in [-0.1, -0.05) is 60.1 Å². The summed E-state index contributed by atoms with van der Waals surface area (Å²) >= 11 is 0. The Morgan fingerprint density at radius 2 is 1.61 bits per heavy atom. The van der Waals surface area contributed by atoms with E-state index in [9.17, 15) is 14.7 Å². The van der Waals surface area contributed by atoms with Crippen LogP contribution >= 0.6 is 0 Å². The zero-order valence-corrected chi connectivity index (χ0v) is 24.1. The van der Waals surface area contributed by atoms with Gasteiger partial charge in [0, 0.05) is 12.3 Å². The van der Waals surface area contributed by atoms with E-state index in [2.05, 4.69) is 54.5 Å². The maximum atomic E-state index is 13.6. The summed E-state index contributed by atoms with van der Waals surface area (Å²) in [6.07, 6.45) is 11.5. The van der Waals surface area contributed by atoms with Crippen LogP contribution in [0.3, 0.4) is 0 Å². The van der Waals surface area contributed by atoms with Crippen molar-refractivity contribution in [2.75, 3.05) is 0 Å². The normalized spacial score (nSPS) is 51.5. The van der Waals surface area contributed by atoms with Crippen LogP contribution in [0.25, 0.3) is 0 Å². The molecule has 0 aromatic heterocycles. The highest BCUT2D eigenvalue weighted by Crippen LogP contribution is 2.76. The molecule has 0 spiro atoms. The SMILES string of the molecule is CC(=O)O[C@H]1CC[C@]2(C)[C@H]3CC=C4[C@@H]5[C@@H](C)[C@H](C)CC[C@]5(C)CC[C@@]4(C(=O)O)[C@]3(C)CC[C@H]2C1(C)C. The van der Waals surface area contributed by atoms with Gasteiger partial charge in [-0.25, -0.2) is 0 Å². The second-order valence-corrected chi connectivity index (χ2v) is 15.1. The number of carboxylic acid groups (broad SMARTS) is 1. The maximum Gasteiger partial charge on any atom is 0.314 e. The first-order valence-corrected chi connectivity index (χ1v) is 14.8. The summed E-state index contributed by atoms with van der Waals surface area (Å²) in [4.78, 5) is 25.5. The molecule has 0 aromatic rings. The van der Waals surface area contributed by atoms with E-state index in [0.717, 1.165) is 44.9 Å². The molecule has 0 aliphatic heterocycles. The highest BCUT2D eigenvalue weighted by atomic mass is 16.5. The third kappa shape index (κ3) is 3.17. The average molecular weight is 499 g/mol. The van der Waals surface area contributed by atoms with Gasteiger partial charge in [0.15, 0.2) is 0 Å². The van der Waals surface area contributed by atoms with Gasteiger partial charge in [-0.2, -0.15) is 0 Å². The lowest BCUT2D eigenvalue weighted by Crippen LogP contribution is -2.67. The lowest BCUT2D eigenvalue weighted by atomic mass is 9.33. The van der Waals surface area contributed by atoms with Crippen LogP contribution in [0, 0.1) is 56.7 Å². The molecule has 10 atom stereocenters. The fourth-order valence-electron chi connectivity index (χ4n) is 11.4. The van der Waals surface area contributed by atoms with Crippen LogP contribution in [0.5, 0.6) is 0 Å². The minimum atomic E-state index is -0.754. The van der Waals surface area contributed by atoms with E-state index >= 15 is 0 Å². The number of ether oxygens (including phenoxy) is 1. The lowest BCUT2D eigenvalue weighted by molar-refractivity contribution is -0.220. The zero-order valence-electron chi connectivity index (χ0n) is 24.1. The summed E-state index contributed by atoms with van der Waals surface area (Å²) in [7, 11) is 0. The second-order valence-electron chi connectivity index (χ2n) is 15.1. The highest BCUT2D eigenvalue weighted by molar-refractivity contribution is 5.81. The van der Waals surface area contributed by atoms with E-state index in [-0.39, 0.29) is 33.7 Å². The van der Waals surface area contributed by atoms with E-state index in [4.69, 9.17) is 4.74 Å². The molecular weight excluding hydrogens is 448 g/mol. The Labute approximate surface area is 219 Å². The molecule has 1 N–H and O–H groups in total. The fraction of sp³-hybridized carbons (Fsp3) is 0.875. The molecule has 0 aromatic carbocycles. The van der Waals surface area contributed by atoms with Crippen molar-refractivity contribution < 1.29 is 19.4 Å². The summed E-state index contributed by atoms with van der Waals surface area (Å²) in [6.45, 7) is 18.2. The number of allylic oxidation sites excluding steroid dienone is 1. The topological polar surface area (TPSA) is 63.6 Å². The number of esters is 1. The summed E-state index contributed by atoms with van der Waals surface area (Å²) < 4.78 is 5.85. The maximum absolute atomic E-state index is 13.6. The number of fused-ring (bicyclic) bond motifs is 7. The first-order valence-electron chi connectivity index (χ1n) is 14.8. The predicted octanol–water partition coefficient (Wildman–Crippen LogP) is 7.66. The summed E-state index contributed by atoms with van der Waals surface area (Å²) in [5.41, 5.74) is 0.459. The Kier molecular flexibility index (Phi) is 5.91. The van der Waals surface area contributed by atoms with E-state index < -0.39 is 11.4 Å². The van der Waals surface area contributed by atoms with Gasteiger partial charge in [0.2, 0.25) is 0 Å². The van der Waals surface area contributed by atoms with Gasteiger partial charge >= 0.3 is 11.9 Å². The summed E-state index contributed by atoms with van der Waals surface area (Å²) in [5.74, 6) is 1.55. The minimum Gasteiger partial charge on any atom is -0.481 e. The summed E-state index contributed by atoms with van der Waals surface area (Å²) in [5, 5.41) is 11.2. The Morgan fingerprint density at radius 1 is 0.917 bits per heavy atom. The molecule has 0 radical (unpaired) electrons. The van der Waals surface area contributed by atoms with Crippen molar-refractivity contribution in [2.45, 2.75) is 119 Å². The third-order valence-corrected chi connectivity index (χ3v) is 13.5. The van der Waals surface area contributed by atoms with Crippen LogP contribution in [0.2, 0.25) is 0 Å². The van der Waals surface area contributed by atoms with Crippen LogP contribution in [-0.2, 0) is 14.3 Å². The second kappa shape index (κ2) is 8.09. The molecule has 5 aliphatic carbocycles. The number of hydrogen-bond donors (Lipinski definition) is 1. The molecule has 4 saturated carbocycles. The number of hydrogen-bond acceptors (Lipinski definition) is 3. The van der Waals surface area contributed by atoms with Gasteiger partial charge in [-0.3, -0.25) is 9.59 Å². The number of aliphatic carboxylic acids is 1. The van der Waals surface area contributed by atoms with Crippen molar-refractivity contribution in [3.63, 3.8) is 0 Å². The van der Waals surface area contributed by atoms with Crippen molar-refractivity contribution >= 4 is 11.9 Å². The number of carbonyl (C=O) groups is 2. The molecule has 0 unspecified atom stereocenters. The molecule has 4 heteroatoms. The summed E-state index contributed by atoms with van der Waals surface area (Å²) in [6, 6.07) is 0. The number of rotatable bonds is 2. The first-order chi connectivity index (χ1) is 16.6.